The third-order valence-electron chi connectivity index (χ3n) is 3.31. The van der Waals surface area contributed by atoms with E-state index in [1.54, 1.807) is 0 Å². The molecule has 18 heavy (non-hydrogen) atoms. The lowest BCUT2D eigenvalue weighted by atomic mass is 9.83. The van der Waals surface area contributed by atoms with Crippen LogP contribution in [0.3, 0.4) is 0 Å². The zero-order valence-corrected chi connectivity index (χ0v) is 9.81. The zero-order chi connectivity index (χ0) is 13.1. The molecule has 1 aliphatic rings. The van der Waals surface area contributed by atoms with Gasteiger partial charge in [-0.1, -0.05) is 19.3 Å². The summed E-state index contributed by atoms with van der Waals surface area (Å²) in [5, 5.41) is 2.58. The number of carbonyl (C=O) groups excluding carboxylic acids is 1. The lowest BCUT2D eigenvalue weighted by molar-refractivity contribution is 0.0948. The summed E-state index contributed by atoms with van der Waals surface area (Å²) in [6.45, 7) is 0.476. The first-order valence-electron chi connectivity index (χ1n) is 6.00. The second-order valence-electron chi connectivity index (χ2n) is 4.60. The van der Waals surface area contributed by atoms with Crippen LogP contribution in [0.25, 0.3) is 0 Å². The molecule has 1 N–H and O–H groups in total. The summed E-state index contributed by atoms with van der Waals surface area (Å²) >= 11 is 0. The van der Waals surface area contributed by atoms with Gasteiger partial charge in [-0.2, -0.15) is 0 Å². The smallest absolute Gasteiger partial charge is 0.251 e. The average molecular weight is 257 g/mol. The largest absolute Gasteiger partial charge is 0.352 e. The molecule has 0 radical (unpaired) electrons. The highest BCUT2D eigenvalue weighted by molar-refractivity contribution is 5.94. The molecule has 2 rings (SSSR count). The van der Waals surface area contributed by atoms with E-state index in [0.717, 1.165) is 6.42 Å². The van der Waals surface area contributed by atoms with E-state index < -0.39 is 23.4 Å². The summed E-state index contributed by atoms with van der Waals surface area (Å²) in [6, 6.07) is 1.41. The van der Waals surface area contributed by atoms with Crippen LogP contribution >= 0.6 is 0 Å². The van der Waals surface area contributed by atoms with E-state index in [9.17, 15) is 18.0 Å². The molecule has 0 bridgehead atoms. The highest BCUT2D eigenvalue weighted by Crippen LogP contribution is 2.28. The van der Waals surface area contributed by atoms with Crippen molar-refractivity contribution in [3.63, 3.8) is 0 Å². The molecule has 0 saturated heterocycles. The topological polar surface area (TPSA) is 29.1 Å². The average Bonchev–Trinajstić information content (AvgIpc) is 2.28. The summed E-state index contributed by atoms with van der Waals surface area (Å²) in [7, 11) is 0. The van der Waals surface area contributed by atoms with Crippen molar-refractivity contribution in [2.75, 3.05) is 6.54 Å². The summed E-state index contributed by atoms with van der Waals surface area (Å²) < 4.78 is 38.5. The van der Waals surface area contributed by atoms with Crippen LogP contribution in [-0.4, -0.2) is 12.5 Å². The highest BCUT2D eigenvalue weighted by atomic mass is 19.2. The highest BCUT2D eigenvalue weighted by Gasteiger charge is 2.18. The quantitative estimate of drug-likeness (QED) is 0.825. The van der Waals surface area contributed by atoms with Gasteiger partial charge in [0, 0.05) is 12.1 Å². The van der Waals surface area contributed by atoms with Crippen LogP contribution in [0, 0.1) is 23.4 Å². The summed E-state index contributed by atoms with van der Waals surface area (Å²) in [5.41, 5.74) is -0.194. The fourth-order valence-corrected chi connectivity index (χ4v) is 1.96. The molecule has 1 saturated carbocycles. The van der Waals surface area contributed by atoms with E-state index >= 15 is 0 Å². The van der Waals surface area contributed by atoms with Crippen molar-refractivity contribution >= 4 is 5.91 Å². The maximum Gasteiger partial charge on any atom is 0.251 e. The van der Waals surface area contributed by atoms with Gasteiger partial charge in [0.05, 0.1) is 0 Å². The Morgan fingerprint density at radius 3 is 2.33 bits per heavy atom. The van der Waals surface area contributed by atoms with E-state index in [0.29, 0.717) is 24.6 Å². The third kappa shape index (κ3) is 2.83. The van der Waals surface area contributed by atoms with Gasteiger partial charge >= 0.3 is 0 Å². The number of nitrogens with one attached hydrogen (secondary N) is 1. The number of halogens is 3. The number of hydrogen-bond acceptors (Lipinski definition) is 1. The standard InChI is InChI=1S/C13H14F3NO/c14-10-6-9(7-11(15)12(10)16)13(18)17-5-4-8-2-1-3-8/h6-8H,1-5H2,(H,17,18). The fourth-order valence-electron chi connectivity index (χ4n) is 1.96. The first-order chi connectivity index (χ1) is 8.58. The fraction of sp³-hybridized carbons (Fsp3) is 0.462. The van der Waals surface area contributed by atoms with E-state index in [1.807, 2.05) is 0 Å². The molecule has 1 aliphatic carbocycles. The first-order valence-corrected chi connectivity index (χ1v) is 6.00. The number of amides is 1. The summed E-state index contributed by atoms with van der Waals surface area (Å²) in [6.07, 6.45) is 4.45. The zero-order valence-electron chi connectivity index (χ0n) is 9.81. The lowest BCUT2D eigenvalue weighted by Crippen LogP contribution is -2.27. The van der Waals surface area contributed by atoms with E-state index in [4.69, 9.17) is 0 Å². The van der Waals surface area contributed by atoms with Crippen molar-refractivity contribution in [1.82, 2.24) is 5.32 Å². The second-order valence-corrected chi connectivity index (χ2v) is 4.60. The third-order valence-corrected chi connectivity index (χ3v) is 3.31. The van der Waals surface area contributed by atoms with Crippen molar-refractivity contribution in [2.24, 2.45) is 5.92 Å². The number of hydrogen-bond donors (Lipinski definition) is 1. The molecule has 1 aromatic rings. The van der Waals surface area contributed by atoms with Crippen molar-refractivity contribution in [1.29, 1.82) is 0 Å². The van der Waals surface area contributed by atoms with Crippen molar-refractivity contribution in [3.05, 3.63) is 35.1 Å². The van der Waals surface area contributed by atoms with Crippen LogP contribution in [0.1, 0.15) is 36.0 Å². The van der Waals surface area contributed by atoms with Crippen molar-refractivity contribution < 1.29 is 18.0 Å². The second kappa shape index (κ2) is 5.42. The molecule has 1 amide bonds. The Morgan fingerprint density at radius 2 is 1.83 bits per heavy atom. The van der Waals surface area contributed by atoms with E-state index in [1.165, 1.54) is 19.3 Å². The van der Waals surface area contributed by atoms with Gasteiger partial charge in [-0.3, -0.25) is 4.79 Å². The Labute approximate surface area is 103 Å². The van der Waals surface area contributed by atoms with Crippen LogP contribution in [0.15, 0.2) is 12.1 Å². The number of carbonyl (C=O) groups is 1. The van der Waals surface area contributed by atoms with Gasteiger partial charge in [-0.05, 0) is 24.5 Å². The molecule has 1 fully saturated rings. The summed E-state index contributed by atoms with van der Waals surface area (Å²) in [5.74, 6) is -4.18. The van der Waals surface area contributed by atoms with Crippen LogP contribution in [0.2, 0.25) is 0 Å². The van der Waals surface area contributed by atoms with Crippen LogP contribution in [-0.2, 0) is 0 Å². The Hall–Kier alpha value is -1.52. The molecule has 1 aromatic carbocycles. The molecule has 0 aromatic heterocycles. The Balaban J connectivity index is 1.91. The SMILES string of the molecule is O=C(NCCC1CCC1)c1cc(F)c(F)c(F)c1. The van der Waals surface area contributed by atoms with Crippen molar-refractivity contribution in [2.45, 2.75) is 25.7 Å². The minimum Gasteiger partial charge on any atom is -0.352 e. The van der Waals surface area contributed by atoms with Gasteiger partial charge < -0.3 is 5.32 Å². The molecule has 98 valence electrons. The Morgan fingerprint density at radius 1 is 1.22 bits per heavy atom. The van der Waals surface area contributed by atoms with Gasteiger partial charge in [-0.15, -0.1) is 0 Å². The van der Waals surface area contributed by atoms with Gasteiger partial charge in [0.15, 0.2) is 17.5 Å². The van der Waals surface area contributed by atoms with Gasteiger partial charge in [0.2, 0.25) is 0 Å². The molecule has 0 heterocycles. The van der Waals surface area contributed by atoms with Crippen molar-refractivity contribution in [3.8, 4) is 0 Å². The molecule has 0 aliphatic heterocycles. The molecule has 2 nitrogen and oxygen atoms in total. The van der Waals surface area contributed by atoms with E-state index in [2.05, 4.69) is 5.32 Å². The minimum atomic E-state index is -1.55. The minimum absolute atomic E-state index is 0.194. The number of benzene rings is 1. The monoisotopic (exact) mass is 257 g/mol. The molecule has 0 spiro atoms. The van der Waals surface area contributed by atoms with Crippen LogP contribution < -0.4 is 5.32 Å². The molecule has 5 heteroatoms. The molecular weight excluding hydrogens is 243 g/mol. The predicted molar refractivity (Wildman–Crippen MR) is 60.6 cm³/mol. The maximum atomic E-state index is 12.9. The predicted octanol–water partition coefficient (Wildman–Crippen LogP) is 3.02. The van der Waals surface area contributed by atoms with Gasteiger partial charge in [0.1, 0.15) is 0 Å². The molecule has 0 atom stereocenters. The normalized spacial score (nSPS) is 15.3. The van der Waals surface area contributed by atoms with Gasteiger partial charge in [-0.25, -0.2) is 13.2 Å². The summed E-state index contributed by atoms with van der Waals surface area (Å²) in [4.78, 5) is 11.6. The molecule has 0 unspecified atom stereocenters. The molecular formula is C13H14F3NO. The van der Waals surface area contributed by atoms with Crippen LogP contribution in [0.5, 0.6) is 0 Å². The van der Waals surface area contributed by atoms with Gasteiger partial charge in [0.25, 0.3) is 5.91 Å². The number of rotatable bonds is 4. The first kappa shape index (κ1) is 12.9. The Bertz CT molecular complexity index is 435. The van der Waals surface area contributed by atoms with Crippen LogP contribution in [0.4, 0.5) is 13.2 Å². The maximum absolute atomic E-state index is 12.9. The Kier molecular flexibility index (Phi) is 3.89. The lowest BCUT2D eigenvalue weighted by Gasteiger charge is -2.25. The van der Waals surface area contributed by atoms with E-state index in [-0.39, 0.29) is 5.56 Å².